The molecule has 0 saturated carbocycles. The second kappa shape index (κ2) is 14.7. The summed E-state index contributed by atoms with van der Waals surface area (Å²) in [6.07, 6.45) is 0. The number of benzene rings is 9. The summed E-state index contributed by atoms with van der Waals surface area (Å²) < 4.78 is 4.77. The van der Waals surface area contributed by atoms with Gasteiger partial charge in [0.25, 0.3) is 0 Å². The van der Waals surface area contributed by atoms with Gasteiger partial charge in [0.05, 0.1) is 22.1 Å². The van der Waals surface area contributed by atoms with Crippen LogP contribution in [0.4, 0.5) is 0 Å². The minimum Gasteiger partial charge on any atom is -0.309 e. The zero-order valence-electron chi connectivity index (χ0n) is 33.6. The van der Waals surface area contributed by atoms with Crippen LogP contribution in [0.3, 0.4) is 0 Å². The van der Waals surface area contributed by atoms with Gasteiger partial charge in [-0.1, -0.05) is 152 Å². The van der Waals surface area contributed by atoms with E-state index < -0.39 is 0 Å². The molecule has 0 fully saturated rings. The molecule has 0 unspecified atom stereocenters. The fourth-order valence-corrected chi connectivity index (χ4v) is 9.02. The third kappa shape index (κ3) is 6.06. The highest BCUT2D eigenvalue weighted by molar-refractivity contribution is 6.19. The summed E-state index contributed by atoms with van der Waals surface area (Å²) in [6.45, 7) is 0. The fourth-order valence-electron chi connectivity index (χ4n) is 9.02. The Labute approximate surface area is 358 Å². The van der Waals surface area contributed by atoms with Crippen LogP contribution in [0.25, 0.3) is 111 Å². The molecule has 0 spiro atoms. The molecule has 0 radical (unpaired) electrons. The summed E-state index contributed by atoms with van der Waals surface area (Å²) in [7, 11) is 0. The lowest BCUT2D eigenvalue weighted by atomic mass is 10.0. The maximum Gasteiger partial charge on any atom is 0.164 e. The van der Waals surface area contributed by atoms with Crippen LogP contribution in [-0.4, -0.2) is 24.1 Å². The average Bonchev–Trinajstić information content (AvgIpc) is 3.86. The predicted octanol–water partition coefficient (Wildman–Crippen LogP) is 14.4. The normalized spacial score (nSPS) is 11.5. The van der Waals surface area contributed by atoms with E-state index >= 15 is 0 Å². The maximum atomic E-state index is 5.17. The van der Waals surface area contributed by atoms with E-state index in [1.54, 1.807) is 0 Å². The molecule has 0 N–H and O–H groups in total. The van der Waals surface area contributed by atoms with Gasteiger partial charge in [-0.05, 0) is 95.1 Å². The van der Waals surface area contributed by atoms with Crippen LogP contribution in [0.2, 0.25) is 0 Å². The molecule has 0 aliphatic rings. The molecule has 3 aromatic heterocycles. The van der Waals surface area contributed by atoms with E-state index in [2.05, 4.69) is 221 Å². The Hall–Kier alpha value is -8.41. The molecule has 62 heavy (non-hydrogen) atoms. The summed E-state index contributed by atoms with van der Waals surface area (Å²) in [5.41, 5.74) is 14.2. The highest BCUT2D eigenvalue weighted by Crippen LogP contribution is 2.40. The summed E-state index contributed by atoms with van der Waals surface area (Å²) in [5.74, 6) is 1.86. The van der Waals surface area contributed by atoms with Gasteiger partial charge in [0, 0.05) is 49.6 Å². The predicted molar refractivity (Wildman–Crippen MR) is 256 cm³/mol. The quantitative estimate of drug-likeness (QED) is 0.162. The Morgan fingerprint density at radius 1 is 0.226 bits per heavy atom. The Bertz CT molecular complexity index is 3510. The lowest BCUT2D eigenvalue weighted by Gasteiger charge is -2.12. The first-order valence-corrected chi connectivity index (χ1v) is 20.9. The van der Waals surface area contributed by atoms with Crippen molar-refractivity contribution in [3.63, 3.8) is 0 Å². The van der Waals surface area contributed by atoms with Crippen LogP contribution < -0.4 is 0 Å². The van der Waals surface area contributed by atoms with Crippen molar-refractivity contribution in [3.8, 4) is 67.8 Å². The second-order valence-electron chi connectivity index (χ2n) is 15.7. The van der Waals surface area contributed by atoms with E-state index in [1.165, 1.54) is 32.6 Å². The molecule has 290 valence electrons. The molecule has 5 heteroatoms. The number of hydrogen-bond donors (Lipinski definition) is 0. The van der Waals surface area contributed by atoms with E-state index in [0.29, 0.717) is 17.5 Å². The van der Waals surface area contributed by atoms with Crippen molar-refractivity contribution in [3.05, 3.63) is 224 Å². The number of para-hydroxylation sites is 3. The standard InChI is InChI=1S/C57H37N5/c1-4-16-38(17-5-1)41-20-14-22-43(34-41)56-58-55(59-57(60-56)44-23-15-21-42(35-44)39-18-6-2-7-19-39)40-30-32-46(33-31-40)62-52-29-13-11-27-48(52)50-36-53-49(37-54(50)62)47-26-10-12-28-51(47)61(53)45-24-8-3-9-25-45/h1-37H. The van der Waals surface area contributed by atoms with E-state index in [1.807, 2.05) is 12.1 Å². The van der Waals surface area contributed by atoms with Crippen LogP contribution in [0.1, 0.15) is 0 Å². The molecule has 12 rings (SSSR count). The fraction of sp³-hybridized carbons (Fsp3) is 0. The van der Waals surface area contributed by atoms with Gasteiger partial charge in [0.2, 0.25) is 0 Å². The summed E-state index contributed by atoms with van der Waals surface area (Å²) in [6, 6.07) is 79.2. The van der Waals surface area contributed by atoms with Gasteiger partial charge in [-0.15, -0.1) is 0 Å². The number of hydrogen-bond acceptors (Lipinski definition) is 3. The summed E-state index contributed by atoms with van der Waals surface area (Å²) >= 11 is 0. The summed E-state index contributed by atoms with van der Waals surface area (Å²) in [5, 5.41) is 4.86. The first kappa shape index (κ1) is 35.5. The van der Waals surface area contributed by atoms with Crippen LogP contribution in [0.5, 0.6) is 0 Å². The van der Waals surface area contributed by atoms with Crippen LogP contribution in [0.15, 0.2) is 224 Å². The van der Waals surface area contributed by atoms with Gasteiger partial charge >= 0.3 is 0 Å². The van der Waals surface area contributed by atoms with E-state index in [9.17, 15) is 0 Å². The molecule has 3 heterocycles. The van der Waals surface area contributed by atoms with Crippen molar-refractivity contribution >= 4 is 43.6 Å². The molecule has 9 aromatic carbocycles. The molecule has 0 saturated heterocycles. The molecule has 0 amide bonds. The van der Waals surface area contributed by atoms with E-state index in [4.69, 9.17) is 15.0 Å². The number of aromatic nitrogens is 5. The van der Waals surface area contributed by atoms with Crippen LogP contribution in [-0.2, 0) is 0 Å². The first-order valence-electron chi connectivity index (χ1n) is 20.9. The smallest absolute Gasteiger partial charge is 0.164 e. The van der Waals surface area contributed by atoms with Gasteiger partial charge < -0.3 is 9.13 Å². The molecular formula is C57H37N5. The minimum absolute atomic E-state index is 0.615. The summed E-state index contributed by atoms with van der Waals surface area (Å²) in [4.78, 5) is 15.5. The number of rotatable bonds is 7. The zero-order valence-corrected chi connectivity index (χ0v) is 33.6. The Kier molecular flexibility index (Phi) is 8.42. The van der Waals surface area contributed by atoms with Crippen molar-refractivity contribution < 1.29 is 0 Å². The zero-order chi connectivity index (χ0) is 41.0. The lowest BCUT2D eigenvalue weighted by molar-refractivity contribution is 1.07. The highest BCUT2D eigenvalue weighted by Gasteiger charge is 2.19. The second-order valence-corrected chi connectivity index (χ2v) is 15.7. The Balaban J connectivity index is 1.01. The monoisotopic (exact) mass is 791 g/mol. The molecule has 0 aliphatic carbocycles. The van der Waals surface area contributed by atoms with Gasteiger partial charge in [0.15, 0.2) is 17.5 Å². The SMILES string of the molecule is c1ccc(-c2cccc(-c3nc(-c4ccc(-n5c6ccccc6c6cc7c(cc65)c5ccccc5n7-c5ccccc5)cc4)nc(-c4cccc(-c5ccccc5)c4)n3)c2)cc1. The highest BCUT2D eigenvalue weighted by atomic mass is 15.0. The molecule has 0 aliphatic heterocycles. The number of nitrogens with zero attached hydrogens (tertiary/aromatic N) is 5. The van der Waals surface area contributed by atoms with Crippen LogP contribution >= 0.6 is 0 Å². The molecule has 5 nitrogen and oxygen atoms in total. The van der Waals surface area contributed by atoms with E-state index in [0.717, 1.165) is 61.4 Å². The minimum atomic E-state index is 0.615. The molecule has 12 aromatic rings. The van der Waals surface area contributed by atoms with Gasteiger partial charge in [-0.2, -0.15) is 0 Å². The van der Waals surface area contributed by atoms with Crippen molar-refractivity contribution in [1.82, 2.24) is 24.1 Å². The van der Waals surface area contributed by atoms with Crippen molar-refractivity contribution in [2.75, 3.05) is 0 Å². The Morgan fingerprint density at radius 2 is 0.597 bits per heavy atom. The van der Waals surface area contributed by atoms with Crippen molar-refractivity contribution in [1.29, 1.82) is 0 Å². The van der Waals surface area contributed by atoms with Gasteiger partial charge in [-0.25, -0.2) is 15.0 Å². The number of fused-ring (bicyclic) bond motifs is 6. The lowest BCUT2D eigenvalue weighted by Crippen LogP contribution is -2.01. The van der Waals surface area contributed by atoms with Crippen molar-refractivity contribution in [2.45, 2.75) is 0 Å². The molecule has 0 bridgehead atoms. The third-order valence-corrected chi connectivity index (χ3v) is 12.0. The average molecular weight is 792 g/mol. The van der Waals surface area contributed by atoms with Gasteiger partial charge in [0.1, 0.15) is 0 Å². The van der Waals surface area contributed by atoms with Crippen molar-refractivity contribution in [2.24, 2.45) is 0 Å². The third-order valence-electron chi connectivity index (χ3n) is 12.0. The first-order chi connectivity index (χ1) is 30.7. The largest absolute Gasteiger partial charge is 0.309 e. The maximum absolute atomic E-state index is 5.17. The van der Waals surface area contributed by atoms with Crippen LogP contribution in [0, 0.1) is 0 Å². The molecule has 0 atom stereocenters. The Morgan fingerprint density at radius 3 is 1.08 bits per heavy atom. The van der Waals surface area contributed by atoms with E-state index in [-0.39, 0.29) is 0 Å². The molecular weight excluding hydrogens is 755 g/mol. The van der Waals surface area contributed by atoms with Gasteiger partial charge in [-0.3, -0.25) is 0 Å². The topological polar surface area (TPSA) is 48.5 Å².